The topological polar surface area (TPSA) is 48.5 Å². The second-order valence-electron chi connectivity index (χ2n) is 6.70. The van der Waals surface area contributed by atoms with E-state index in [1.807, 2.05) is 9.80 Å². The summed E-state index contributed by atoms with van der Waals surface area (Å²) in [6.07, 6.45) is 0. The van der Waals surface area contributed by atoms with Crippen LogP contribution < -0.4 is 0 Å². The lowest BCUT2D eigenvalue weighted by Crippen LogP contribution is -2.69. The maximum Gasteiger partial charge on any atom is 0.320 e. The fraction of sp³-hybridized carbons (Fsp3) is 0.933. The number of nitrogens with zero attached hydrogens (tertiary/aromatic N) is 4. The molecule has 4 saturated heterocycles. The lowest BCUT2D eigenvalue weighted by molar-refractivity contribution is -0.0421. The second kappa shape index (κ2) is 6.31. The van der Waals surface area contributed by atoms with Gasteiger partial charge in [0.2, 0.25) is 0 Å². The highest BCUT2D eigenvalue weighted by molar-refractivity contribution is 5.76. The molecule has 4 aliphatic rings. The van der Waals surface area contributed by atoms with Gasteiger partial charge in [-0.05, 0) is 0 Å². The molecule has 0 aromatic rings. The second-order valence-corrected chi connectivity index (χ2v) is 6.70. The Labute approximate surface area is 131 Å². The molecule has 0 saturated carbocycles. The molecular weight excluding hydrogens is 284 g/mol. The van der Waals surface area contributed by atoms with Crippen molar-refractivity contribution in [1.82, 2.24) is 19.6 Å². The molecule has 124 valence electrons. The fourth-order valence-corrected chi connectivity index (χ4v) is 3.77. The Balaban J connectivity index is 1.18. The maximum atomic E-state index is 12.4. The van der Waals surface area contributed by atoms with Crippen LogP contribution in [0.3, 0.4) is 0 Å². The van der Waals surface area contributed by atoms with Gasteiger partial charge in [0.15, 0.2) is 0 Å². The molecule has 0 aromatic heterocycles. The van der Waals surface area contributed by atoms with Crippen molar-refractivity contribution in [2.24, 2.45) is 0 Å². The smallest absolute Gasteiger partial charge is 0.320 e. The van der Waals surface area contributed by atoms with Crippen molar-refractivity contribution in [2.45, 2.75) is 12.1 Å². The van der Waals surface area contributed by atoms with E-state index >= 15 is 0 Å². The SMILES string of the molecule is O=C(N1CC(N2CCOCC2)C1)N1CC(N2CCOCC2)C1. The predicted octanol–water partition coefficient (Wildman–Crippen LogP) is -0.861. The summed E-state index contributed by atoms with van der Waals surface area (Å²) in [5.74, 6) is 0. The molecule has 0 atom stereocenters. The molecule has 0 radical (unpaired) electrons. The first-order chi connectivity index (χ1) is 10.8. The normalized spacial score (nSPS) is 29.3. The highest BCUT2D eigenvalue weighted by Crippen LogP contribution is 2.22. The van der Waals surface area contributed by atoms with E-state index in [1.54, 1.807) is 0 Å². The summed E-state index contributed by atoms with van der Waals surface area (Å²) >= 11 is 0. The third-order valence-electron chi connectivity index (χ3n) is 5.39. The summed E-state index contributed by atoms with van der Waals surface area (Å²) in [5.41, 5.74) is 0. The van der Waals surface area contributed by atoms with Gasteiger partial charge in [-0.1, -0.05) is 0 Å². The van der Waals surface area contributed by atoms with Crippen LogP contribution in [-0.4, -0.2) is 117 Å². The number of hydrogen-bond donors (Lipinski definition) is 0. The molecule has 7 nitrogen and oxygen atoms in total. The van der Waals surface area contributed by atoms with Crippen molar-refractivity contribution >= 4 is 6.03 Å². The summed E-state index contributed by atoms with van der Waals surface area (Å²) in [5, 5.41) is 0. The van der Waals surface area contributed by atoms with Crippen molar-refractivity contribution in [3.05, 3.63) is 0 Å². The number of amides is 2. The summed E-state index contributed by atoms with van der Waals surface area (Å²) in [7, 11) is 0. The zero-order valence-electron chi connectivity index (χ0n) is 13.2. The number of hydrogen-bond acceptors (Lipinski definition) is 5. The summed E-state index contributed by atoms with van der Waals surface area (Å²) in [6.45, 7) is 10.9. The van der Waals surface area contributed by atoms with E-state index in [-0.39, 0.29) is 6.03 Å². The molecule has 0 aromatic carbocycles. The first-order valence-corrected chi connectivity index (χ1v) is 8.49. The number of urea groups is 1. The van der Waals surface area contributed by atoms with Gasteiger partial charge in [-0.3, -0.25) is 9.80 Å². The molecule has 4 fully saturated rings. The summed E-state index contributed by atoms with van der Waals surface area (Å²) < 4.78 is 10.8. The van der Waals surface area contributed by atoms with Gasteiger partial charge in [-0.25, -0.2) is 4.79 Å². The Morgan fingerprint density at radius 1 is 0.682 bits per heavy atom. The van der Waals surface area contributed by atoms with Crippen molar-refractivity contribution in [3.63, 3.8) is 0 Å². The van der Waals surface area contributed by atoms with E-state index in [1.165, 1.54) is 0 Å². The Hall–Kier alpha value is -0.890. The van der Waals surface area contributed by atoms with E-state index in [0.29, 0.717) is 12.1 Å². The minimum atomic E-state index is 0.231. The molecular formula is C15H26N4O3. The van der Waals surface area contributed by atoms with Gasteiger partial charge in [0.25, 0.3) is 0 Å². The van der Waals surface area contributed by atoms with E-state index in [2.05, 4.69) is 9.80 Å². The first-order valence-electron chi connectivity index (χ1n) is 8.49. The minimum absolute atomic E-state index is 0.231. The van der Waals surface area contributed by atoms with E-state index in [9.17, 15) is 4.79 Å². The standard InChI is InChI=1S/C15H26N4O3/c20-15(18-9-13(10-18)16-1-5-21-6-2-16)19-11-14(12-19)17-3-7-22-8-4-17/h13-14H,1-12H2. The van der Waals surface area contributed by atoms with Gasteiger partial charge < -0.3 is 19.3 Å². The van der Waals surface area contributed by atoms with Crippen LogP contribution in [0, 0.1) is 0 Å². The van der Waals surface area contributed by atoms with E-state index in [0.717, 1.165) is 78.8 Å². The van der Waals surface area contributed by atoms with E-state index in [4.69, 9.17) is 9.47 Å². The van der Waals surface area contributed by atoms with Crippen LogP contribution in [0.1, 0.15) is 0 Å². The van der Waals surface area contributed by atoms with Crippen LogP contribution in [-0.2, 0) is 9.47 Å². The fourth-order valence-electron chi connectivity index (χ4n) is 3.77. The molecule has 0 aliphatic carbocycles. The van der Waals surface area contributed by atoms with Crippen LogP contribution in [0.25, 0.3) is 0 Å². The Kier molecular flexibility index (Phi) is 4.21. The number of rotatable bonds is 2. The van der Waals surface area contributed by atoms with Crippen LogP contribution in [0.5, 0.6) is 0 Å². The Morgan fingerprint density at radius 3 is 1.41 bits per heavy atom. The number of carbonyl (C=O) groups excluding carboxylic acids is 1. The quantitative estimate of drug-likeness (QED) is 0.664. The monoisotopic (exact) mass is 310 g/mol. The van der Waals surface area contributed by atoms with Crippen LogP contribution in [0.15, 0.2) is 0 Å². The third-order valence-corrected chi connectivity index (χ3v) is 5.39. The number of carbonyl (C=O) groups is 1. The molecule has 22 heavy (non-hydrogen) atoms. The molecule has 0 spiro atoms. The molecule has 4 aliphatic heterocycles. The molecule has 4 rings (SSSR count). The van der Waals surface area contributed by atoms with Gasteiger partial charge in [0.1, 0.15) is 0 Å². The summed E-state index contributed by atoms with van der Waals surface area (Å²) in [4.78, 5) is 21.3. The number of ether oxygens (including phenoxy) is 2. The van der Waals surface area contributed by atoms with Crippen LogP contribution in [0.4, 0.5) is 4.79 Å². The zero-order chi connectivity index (χ0) is 14.9. The Bertz CT molecular complexity index is 362. The number of likely N-dealkylation sites (tertiary alicyclic amines) is 2. The van der Waals surface area contributed by atoms with Gasteiger partial charge in [0.05, 0.1) is 26.4 Å². The van der Waals surface area contributed by atoms with E-state index < -0.39 is 0 Å². The molecule has 0 N–H and O–H groups in total. The lowest BCUT2D eigenvalue weighted by atomic mass is 10.0. The van der Waals surface area contributed by atoms with Gasteiger partial charge in [-0.15, -0.1) is 0 Å². The highest BCUT2D eigenvalue weighted by atomic mass is 16.5. The molecule has 7 heteroatoms. The lowest BCUT2D eigenvalue weighted by Gasteiger charge is -2.52. The summed E-state index contributed by atoms with van der Waals surface area (Å²) in [6, 6.07) is 1.32. The van der Waals surface area contributed by atoms with Crippen LogP contribution >= 0.6 is 0 Å². The van der Waals surface area contributed by atoms with Crippen molar-refractivity contribution < 1.29 is 14.3 Å². The molecule has 0 bridgehead atoms. The van der Waals surface area contributed by atoms with Crippen molar-refractivity contribution in [1.29, 1.82) is 0 Å². The zero-order valence-corrected chi connectivity index (χ0v) is 13.2. The van der Waals surface area contributed by atoms with Gasteiger partial charge in [0, 0.05) is 64.4 Å². The maximum absolute atomic E-state index is 12.4. The molecule has 2 amide bonds. The molecule has 4 heterocycles. The van der Waals surface area contributed by atoms with Gasteiger partial charge in [-0.2, -0.15) is 0 Å². The first kappa shape index (κ1) is 14.7. The third kappa shape index (κ3) is 2.82. The molecule has 0 unspecified atom stereocenters. The average molecular weight is 310 g/mol. The average Bonchev–Trinajstić information content (AvgIpc) is 2.46. The van der Waals surface area contributed by atoms with Crippen LogP contribution in [0.2, 0.25) is 0 Å². The number of morpholine rings is 2. The minimum Gasteiger partial charge on any atom is -0.379 e. The highest BCUT2D eigenvalue weighted by Gasteiger charge is 2.42. The largest absolute Gasteiger partial charge is 0.379 e. The van der Waals surface area contributed by atoms with Gasteiger partial charge >= 0.3 is 6.03 Å². The Morgan fingerprint density at radius 2 is 1.05 bits per heavy atom. The van der Waals surface area contributed by atoms with Crippen molar-refractivity contribution in [2.75, 3.05) is 78.8 Å². The van der Waals surface area contributed by atoms with Crippen molar-refractivity contribution in [3.8, 4) is 0 Å². The predicted molar refractivity (Wildman–Crippen MR) is 80.9 cm³/mol.